The minimum atomic E-state index is -0.332. The summed E-state index contributed by atoms with van der Waals surface area (Å²) in [5.41, 5.74) is 2.49. The van der Waals surface area contributed by atoms with Crippen LogP contribution in [0.25, 0.3) is 11.0 Å². The molecule has 1 N–H and O–H groups in total. The van der Waals surface area contributed by atoms with Gasteiger partial charge in [-0.05, 0) is 31.0 Å². The van der Waals surface area contributed by atoms with Gasteiger partial charge < -0.3 is 9.73 Å². The molecule has 1 aliphatic heterocycles. The van der Waals surface area contributed by atoms with Crippen molar-refractivity contribution in [1.29, 1.82) is 0 Å². The van der Waals surface area contributed by atoms with Crippen LogP contribution in [0.15, 0.2) is 63.8 Å². The van der Waals surface area contributed by atoms with Crippen LogP contribution in [0.1, 0.15) is 28.1 Å². The monoisotopic (exact) mass is 362 g/mol. The molecule has 1 aromatic heterocycles. The lowest BCUT2D eigenvalue weighted by atomic mass is 10.1. The molecule has 1 amide bonds. The molecule has 5 nitrogen and oxygen atoms in total. The SMILES string of the molecule is Cc1ccc2oc(C(=O)N[C@H]3CCN(Cc4ccccc4)C3)cc(=O)c2c1. The minimum absolute atomic E-state index is 0.0558. The molecule has 2 heterocycles. The molecule has 0 spiro atoms. The highest BCUT2D eigenvalue weighted by Gasteiger charge is 2.25. The lowest BCUT2D eigenvalue weighted by Gasteiger charge is -2.16. The zero-order valence-electron chi connectivity index (χ0n) is 15.3. The maximum absolute atomic E-state index is 12.6. The van der Waals surface area contributed by atoms with Gasteiger partial charge in [-0.25, -0.2) is 0 Å². The topological polar surface area (TPSA) is 62.6 Å². The van der Waals surface area contributed by atoms with E-state index in [4.69, 9.17) is 4.42 Å². The Morgan fingerprint density at radius 3 is 2.81 bits per heavy atom. The lowest BCUT2D eigenvalue weighted by Crippen LogP contribution is -2.37. The number of carbonyl (C=O) groups is 1. The van der Waals surface area contributed by atoms with Crippen molar-refractivity contribution in [3.63, 3.8) is 0 Å². The number of likely N-dealkylation sites (tertiary alicyclic amines) is 1. The smallest absolute Gasteiger partial charge is 0.287 e. The fourth-order valence-corrected chi connectivity index (χ4v) is 3.57. The van der Waals surface area contributed by atoms with Crippen LogP contribution in [-0.4, -0.2) is 29.9 Å². The summed E-state index contributed by atoms with van der Waals surface area (Å²) in [6, 6.07) is 17.0. The Bertz CT molecular complexity index is 1030. The Labute approximate surface area is 157 Å². The summed E-state index contributed by atoms with van der Waals surface area (Å²) in [4.78, 5) is 27.2. The number of amides is 1. The minimum Gasteiger partial charge on any atom is -0.451 e. The van der Waals surface area contributed by atoms with Crippen molar-refractivity contribution in [2.45, 2.75) is 25.9 Å². The molecule has 27 heavy (non-hydrogen) atoms. The maximum atomic E-state index is 12.6. The second-order valence-corrected chi connectivity index (χ2v) is 7.15. The van der Waals surface area contributed by atoms with Gasteiger partial charge in [0.1, 0.15) is 5.58 Å². The van der Waals surface area contributed by atoms with Crippen LogP contribution in [0, 0.1) is 6.92 Å². The number of nitrogens with one attached hydrogen (secondary N) is 1. The number of aryl methyl sites for hydroxylation is 1. The predicted molar refractivity (Wildman–Crippen MR) is 105 cm³/mol. The van der Waals surface area contributed by atoms with Crippen LogP contribution < -0.4 is 10.7 Å². The number of benzene rings is 2. The zero-order chi connectivity index (χ0) is 18.8. The summed E-state index contributed by atoms with van der Waals surface area (Å²) in [6.45, 7) is 4.51. The van der Waals surface area contributed by atoms with Crippen molar-refractivity contribution < 1.29 is 9.21 Å². The van der Waals surface area contributed by atoms with Crippen LogP contribution in [0.3, 0.4) is 0 Å². The van der Waals surface area contributed by atoms with Gasteiger partial charge in [-0.3, -0.25) is 14.5 Å². The maximum Gasteiger partial charge on any atom is 0.287 e. The average molecular weight is 362 g/mol. The van der Waals surface area contributed by atoms with Crippen molar-refractivity contribution in [2.24, 2.45) is 0 Å². The van der Waals surface area contributed by atoms with Crippen molar-refractivity contribution >= 4 is 16.9 Å². The average Bonchev–Trinajstić information content (AvgIpc) is 3.09. The van der Waals surface area contributed by atoms with E-state index >= 15 is 0 Å². The number of hydrogen-bond donors (Lipinski definition) is 1. The first kappa shape index (κ1) is 17.5. The third-order valence-electron chi connectivity index (χ3n) is 4.96. The van der Waals surface area contributed by atoms with E-state index in [-0.39, 0.29) is 23.1 Å². The normalized spacial score (nSPS) is 17.3. The lowest BCUT2D eigenvalue weighted by molar-refractivity contribution is 0.0910. The van der Waals surface area contributed by atoms with E-state index < -0.39 is 0 Å². The summed E-state index contributed by atoms with van der Waals surface area (Å²) < 4.78 is 5.67. The fourth-order valence-electron chi connectivity index (χ4n) is 3.57. The van der Waals surface area contributed by atoms with Gasteiger partial charge in [-0.1, -0.05) is 42.0 Å². The van der Waals surface area contributed by atoms with Gasteiger partial charge in [0.05, 0.1) is 5.39 Å². The Kier molecular flexibility index (Phi) is 4.77. The molecule has 1 saturated heterocycles. The number of rotatable bonds is 4. The van der Waals surface area contributed by atoms with Gasteiger partial charge in [0.25, 0.3) is 5.91 Å². The van der Waals surface area contributed by atoms with Gasteiger partial charge in [-0.15, -0.1) is 0 Å². The summed E-state index contributed by atoms with van der Waals surface area (Å²) in [5.74, 6) is -0.265. The Morgan fingerprint density at radius 1 is 1.19 bits per heavy atom. The molecule has 1 atom stereocenters. The van der Waals surface area contributed by atoms with Gasteiger partial charge in [-0.2, -0.15) is 0 Å². The van der Waals surface area contributed by atoms with Gasteiger partial charge >= 0.3 is 0 Å². The van der Waals surface area contributed by atoms with E-state index in [0.29, 0.717) is 11.0 Å². The molecule has 1 fully saturated rings. The number of hydrogen-bond acceptors (Lipinski definition) is 4. The fraction of sp³-hybridized carbons (Fsp3) is 0.273. The van der Waals surface area contributed by atoms with E-state index in [1.165, 1.54) is 11.6 Å². The van der Waals surface area contributed by atoms with Gasteiger partial charge in [0.15, 0.2) is 11.2 Å². The predicted octanol–water partition coefficient (Wildman–Crippen LogP) is 3.11. The summed E-state index contributed by atoms with van der Waals surface area (Å²) in [5, 5.41) is 3.50. The molecule has 0 saturated carbocycles. The summed E-state index contributed by atoms with van der Waals surface area (Å²) >= 11 is 0. The van der Waals surface area contributed by atoms with E-state index in [2.05, 4.69) is 22.3 Å². The Balaban J connectivity index is 1.43. The molecule has 138 valence electrons. The molecule has 3 aromatic rings. The van der Waals surface area contributed by atoms with E-state index in [0.717, 1.165) is 31.6 Å². The highest BCUT2D eigenvalue weighted by molar-refractivity contribution is 5.93. The van der Waals surface area contributed by atoms with Crippen LogP contribution in [0.4, 0.5) is 0 Å². The summed E-state index contributed by atoms with van der Waals surface area (Å²) in [7, 11) is 0. The number of fused-ring (bicyclic) bond motifs is 1. The molecular weight excluding hydrogens is 340 g/mol. The third-order valence-corrected chi connectivity index (χ3v) is 4.96. The first-order valence-electron chi connectivity index (χ1n) is 9.20. The van der Waals surface area contributed by atoms with E-state index in [1.54, 1.807) is 12.1 Å². The van der Waals surface area contributed by atoms with Crippen LogP contribution in [-0.2, 0) is 6.54 Å². The second kappa shape index (κ2) is 7.37. The van der Waals surface area contributed by atoms with Crippen LogP contribution >= 0.6 is 0 Å². The van der Waals surface area contributed by atoms with Crippen molar-refractivity contribution in [1.82, 2.24) is 10.2 Å². The standard InChI is InChI=1S/C22H22N2O3/c1-15-7-8-20-18(11-15)19(25)12-21(27-20)22(26)23-17-9-10-24(14-17)13-16-5-3-2-4-6-16/h2-8,11-12,17H,9-10,13-14H2,1H3,(H,23,26)/t17-/m0/s1. The molecular formula is C22H22N2O3. The largest absolute Gasteiger partial charge is 0.451 e. The molecule has 2 aromatic carbocycles. The quantitative estimate of drug-likeness (QED) is 0.775. The zero-order valence-corrected chi connectivity index (χ0v) is 15.3. The van der Waals surface area contributed by atoms with Crippen LogP contribution in [0.5, 0.6) is 0 Å². The summed E-state index contributed by atoms with van der Waals surface area (Å²) in [6.07, 6.45) is 0.885. The number of carbonyl (C=O) groups excluding carboxylic acids is 1. The van der Waals surface area contributed by atoms with E-state index in [9.17, 15) is 9.59 Å². The molecule has 0 bridgehead atoms. The van der Waals surface area contributed by atoms with Crippen molar-refractivity contribution in [2.75, 3.05) is 13.1 Å². The third kappa shape index (κ3) is 3.93. The second-order valence-electron chi connectivity index (χ2n) is 7.15. The van der Waals surface area contributed by atoms with Gasteiger partial charge in [0, 0.05) is 31.7 Å². The Hall–Kier alpha value is -2.92. The van der Waals surface area contributed by atoms with Crippen LogP contribution in [0.2, 0.25) is 0 Å². The molecule has 0 unspecified atom stereocenters. The van der Waals surface area contributed by atoms with Crippen molar-refractivity contribution in [3.05, 3.63) is 81.7 Å². The van der Waals surface area contributed by atoms with Gasteiger partial charge in [0.2, 0.25) is 0 Å². The first-order chi connectivity index (χ1) is 13.1. The highest BCUT2D eigenvalue weighted by atomic mass is 16.3. The molecule has 4 rings (SSSR count). The first-order valence-corrected chi connectivity index (χ1v) is 9.20. The van der Waals surface area contributed by atoms with E-state index in [1.807, 2.05) is 31.2 Å². The Morgan fingerprint density at radius 2 is 2.00 bits per heavy atom. The van der Waals surface area contributed by atoms with Crippen molar-refractivity contribution in [3.8, 4) is 0 Å². The number of nitrogens with zero attached hydrogens (tertiary/aromatic N) is 1. The molecule has 5 heteroatoms. The molecule has 0 radical (unpaired) electrons. The molecule has 1 aliphatic rings. The molecule has 0 aliphatic carbocycles. The highest BCUT2D eigenvalue weighted by Crippen LogP contribution is 2.16.